The first-order chi connectivity index (χ1) is 13.3. The maximum absolute atomic E-state index is 13.2. The Bertz CT molecular complexity index is 875. The van der Waals surface area contributed by atoms with Gasteiger partial charge >= 0.3 is 0 Å². The van der Waals surface area contributed by atoms with E-state index in [0.29, 0.717) is 5.16 Å². The minimum atomic E-state index is -0.323. The minimum absolute atomic E-state index is 0.155. The molecule has 6 heteroatoms. The van der Waals surface area contributed by atoms with Crippen molar-refractivity contribution in [2.24, 2.45) is 0 Å². The van der Waals surface area contributed by atoms with E-state index in [2.05, 4.69) is 10.1 Å². The Balaban J connectivity index is 1.58. The molecular formula is C21H22N4OS. The number of carbonyl (C=O) groups is 1. The Morgan fingerprint density at radius 1 is 0.926 bits per heavy atom. The van der Waals surface area contributed by atoms with Crippen molar-refractivity contribution in [1.29, 1.82) is 0 Å². The monoisotopic (exact) mass is 378 g/mol. The highest BCUT2D eigenvalue weighted by molar-refractivity contribution is 8.00. The summed E-state index contributed by atoms with van der Waals surface area (Å²) in [4.78, 5) is 19.6. The molecule has 1 aromatic heterocycles. The molecule has 0 N–H and O–H groups in total. The molecule has 2 aromatic carbocycles. The molecule has 1 fully saturated rings. The fraction of sp³-hybridized carbons (Fsp3) is 0.286. The van der Waals surface area contributed by atoms with Gasteiger partial charge in [0.2, 0.25) is 11.1 Å². The van der Waals surface area contributed by atoms with Gasteiger partial charge in [0.05, 0.1) is 5.69 Å². The molecule has 0 bridgehead atoms. The zero-order chi connectivity index (χ0) is 18.5. The maximum atomic E-state index is 13.2. The molecule has 0 aliphatic carbocycles. The number of likely N-dealkylation sites (tertiary alicyclic amines) is 1. The molecular weight excluding hydrogens is 356 g/mol. The van der Waals surface area contributed by atoms with Crippen LogP contribution in [-0.2, 0) is 4.79 Å². The molecule has 138 valence electrons. The van der Waals surface area contributed by atoms with E-state index in [4.69, 9.17) is 0 Å². The largest absolute Gasteiger partial charge is 0.341 e. The fourth-order valence-corrected chi connectivity index (χ4v) is 4.28. The molecule has 27 heavy (non-hydrogen) atoms. The highest BCUT2D eigenvalue weighted by Gasteiger charge is 2.29. The van der Waals surface area contributed by atoms with Gasteiger partial charge in [-0.15, -0.1) is 5.10 Å². The van der Waals surface area contributed by atoms with E-state index in [1.165, 1.54) is 18.2 Å². The van der Waals surface area contributed by atoms with Crippen molar-refractivity contribution in [3.8, 4) is 5.69 Å². The number of piperidine rings is 1. The third-order valence-corrected chi connectivity index (χ3v) is 5.82. The van der Waals surface area contributed by atoms with Crippen molar-refractivity contribution < 1.29 is 4.79 Å². The van der Waals surface area contributed by atoms with Crippen molar-refractivity contribution in [2.75, 3.05) is 13.1 Å². The number of amides is 1. The first-order valence-corrected chi connectivity index (χ1v) is 10.2. The lowest BCUT2D eigenvalue weighted by Crippen LogP contribution is -2.38. The van der Waals surface area contributed by atoms with Crippen molar-refractivity contribution in [1.82, 2.24) is 19.7 Å². The van der Waals surface area contributed by atoms with Crippen LogP contribution in [0.1, 0.15) is 30.1 Å². The average molecular weight is 379 g/mol. The van der Waals surface area contributed by atoms with E-state index >= 15 is 0 Å². The van der Waals surface area contributed by atoms with Crippen LogP contribution in [0.4, 0.5) is 0 Å². The molecule has 2 heterocycles. The van der Waals surface area contributed by atoms with Crippen LogP contribution >= 0.6 is 11.8 Å². The predicted molar refractivity (Wildman–Crippen MR) is 107 cm³/mol. The lowest BCUT2D eigenvalue weighted by Gasteiger charge is -2.30. The first-order valence-electron chi connectivity index (χ1n) is 9.29. The van der Waals surface area contributed by atoms with E-state index in [1.807, 2.05) is 65.6 Å². The summed E-state index contributed by atoms with van der Waals surface area (Å²) in [6, 6.07) is 19.8. The third kappa shape index (κ3) is 4.22. The molecule has 1 aliphatic heterocycles. The van der Waals surface area contributed by atoms with Crippen molar-refractivity contribution >= 4 is 17.7 Å². The zero-order valence-electron chi connectivity index (χ0n) is 15.1. The number of benzene rings is 2. The maximum Gasteiger partial charge on any atom is 0.240 e. The van der Waals surface area contributed by atoms with Crippen LogP contribution in [0.25, 0.3) is 5.69 Å². The Kier molecular flexibility index (Phi) is 5.53. The molecule has 0 saturated carbocycles. The highest BCUT2D eigenvalue weighted by atomic mass is 32.2. The van der Waals surface area contributed by atoms with Crippen LogP contribution in [0, 0.1) is 0 Å². The van der Waals surface area contributed by atoms with Gasteiger partial charge in [0.15, 0.2) is 0 Å². The standard InChI is InChI=1S/C21H22N4OS/c26-20(24-14-8-3-9-15-24)19(17-10-4-1-5-11-17)27-21-22-16-25(23-21)18-12-6-2-7-13-18/h1-2,4-7,10-13,16,19H,3,8-9,14-15H2. The van der Waals surface area contributed by atoms with Gasteiger partial charge in [-0.1, -0.05) is 60.3 Å². The van der Waals surface area contributed by atoms with Crippen molar-refractivity contribution in [3.05, 3.63) is 72.6 Å². The molecule has 1 saturated heterocycles. The second-order valence-electron chi connectivity index (χ2n) is 6.60. The number of hydrogen-bond acceptors (Lipinski definition) is 4. The summed E-state index contributed by atoms with van der Waals surface area (Å²) in [6.07, 6.45) is 5.07. The number of carbonyl (C=O) groups excluding carboxylic acids is 1. The summed E-state index contributed by atoms with van der Waals surface area (Å²) in [5, 5.41) is 4.86. The lowest BCUT2D eigenvalue weighted by molar-refractivity contribution is -0.131. The number of nitrogens with zero attached hydrogens (tertiary/aromatic N) is 4. The van der Waals surface area contributed by atoms with Gasteiger partial charge < -0.3 is 4.90 Å². The number of hydrogen-bond donors (Lipinski definition) is 0. The summed E-state index contributed by atoms with van der Waals surface area (Å²) in [6.45, 7) is 1.68. The van der Waals surface area contributed by atoms with Gasteiger partial charge in [0, 0.05) is 13.1 Å². The van der Waals surface area contributed by atoms with Gasteiger partial charge in [-0.25, -0.2) is 9.67 Å². The molecule has 5 nitrogen and oxygen atoms in total. The van der Waals surface area contributed by atoms with Gasteiger partial charge in [0.25, 0.3) is 0 Å². The number of rotatable bonds is 5. The quantitative estimate of drug-likeness (QED) is 0.627. The molecule has 1 unspecified atom stereocenters. The Morgan fingerprint density at radius 3 is 2.30 bits per heavy atom. The van der Waals surface area contributed by atoms with Crippen LogP contribution in [0.2, 0.25) is 0 Å². The van der Waals surface area contributed by atoms with E-state index < -0.39 is 0 Å². The second kappa shape index (κ2) is 8.39. The SMILES string of the molecule is O=C(C(Sc1ncn(-c2ccccc2)n1)c1ccccc1)N1CCCCC1. The van der Waals surface area contributed by atoms with Crippen LogP contribution in [0.15, 0.2) is 72.1 Å². The van der Waals surface area contributed by atoms with Gasteiger partial charge in [0.1, 0.15) is 11.6 Å². The first kappa shape index (κ1) is 17.8. The molecule has 3 aromatic rings. The molecule has 1 atom stereocenters. The van der Waals surface area contributed by atoms with Crippen molar-refractivity contribution in [2.45, 2.75) is 29.7 Å². The Labute approximate surface area is 163 Å². The molecule has 0 spiro atoms. The smallest absolute Gasteiger partial charge is 0.240 e. The van der Waals surface area contributed by atoms with E-state index in [0.717, 1.165) is 37.2 Å². The summed E-state index contributed by atoms with van der Waals surface area (Å²) in [5.41, 5.74) is 1.95. The van der Waals surface area contributed by atoms with E-state index in [9.17, 15) is 4.79 Å². The molecule has 4 rings (SSSR count). The topological polar surface area (TPSA) is 51.0 Å². The normalized spacial score (nSPS) is 15.5. The number of thioether (sulfide) groups is 1. The van der Waals surface area contributed by atoms with Gasteiger partial charge in [-0.05, 0) is 37.0 Å². The van der Waals surface area contributed by atoms with Crippen LogP contribution in [0.5, 0.6) is 0 Å². The van der Waals surface area contributed by atoms with Crippen LogP contribution < -0.4 is 0 Å². The van der Waals surface area contributed by atoms with Crippen LogP contribution in [0.3, 0.4) is 0 Å². The minimum Gasteiger partial charge on any atom is -0.341 e. The molecule has 1 aliphatic rings. The molecule has 1 amide bonds. The van der Waals surface area contributed by atoms with E-state index in [1.54, 1.807) is 11.0 Å². The van der Waals surface area contributed by atoms with Gasteiger partial charge in [-0.3, -0.25) is 4.79 Å². The van der Waals surface area contributed by atoms with E-state index in [-0.39, 0.29) is 11.2 Å². The number of para-hydroxylation sites is 1. The molecule has 0 radical (unpaired) electrons. The lowest BCUT2D eigenvalue weighted by atomic mass is 10.1. The second-order valence-corrected chi connectivity index (χ2v) is 7.67. The van der Waals surface area contributed by atoms with Gasteiger partial charge in [-0.2, -0.15) is 0 Å². The summed E-state index contributed by atoms with van der Waals surface area (Å²) < 4.78 is 1.75. The zero-order valence-corrected chi connectivity index (χ0v) is 15.9. The summed E-state index contributed by atoms with van der Waals surface area (Å²) >= 11 is 1.42. The predicted octanol–water partition coefficient (Wildman–Crippen LogP) is 4.11. The Morgan fingerprint density at radius 2 is 1.59 bits per heavy atom. The Hall–Kier alpha value is -2.60. The summed E-state index contributed by atoms with van der Waals surface area (Å²) in [5.74, 6) is 0.155. The average Bonchev–Trinajstić information content (AvgIpc) is 3.22. The summed E-state index contributed by atoms with van der Waals surface area (Å²) in [7, 11) is 0. The number of aromatic nitrogens is 3. The highest BCUT2D eigenvalue weighted by Crippen LogP contribution is 2.35. The fourth-order valence-electron chi connectivity index (χ4n) is 3.28. The van der Waals surface area contributed by atoms with Crippen LogP contribution in [-0.4, -0.2) is 38.7 Å². The van der Waals surface area contributed by atoms with Crippen molar-refractivity contribution in [3.63, 3.8) is 0 Å². The third-order valence-electron chi connectivity index (χ3n) is 4.71.